The second kappa shape index (κ2) is 9.68. The number of hydrogen-bond donors (Lipinski definition) is 2. The third kappa shape index (κ3) is 4.58. The predicted molar refractivity (Wildman–Crippen MR) is 139 cm³/mol. The molecular weight excluding hydrogens is 442 g/mol. The van der Waals surface area contributed by atoms with Crippen molar-refractivity contribution in [1.29, 1.82) is 0 Å². The molecule has 4 aliphatic heterocycles. The molecule has 8 heteroatoms. The number of hydrogen-bond acceptors (Lipinski definition) is 8. The first-order chi connectivity index (χ1) is 17.2. The van der Waals surface area contributed by atoms with E-state index in [2.05, 4.69) is 56.9 Å². The topological polar surface area (TPSA) is 71.1 Å². The number of rotatable bonds is 7. The molecule has 0 amide bonds. The van der Waals surface area contributed by atoms with E-state index in [0.29, 0.717) is 18.6 Å². The summed E-state index contributed by atoms with van der Waals surface area (Å²) in [6.45, 7) is 9.42. The summed E-state index contributed by atoms with van der Waals surface area (Å²) >= 11 is 0. The number of pyridine rings is 1. The van der Waals surface area contributed by atoms with Gasteiger partial charge in [-0.05, 0) is 49.9 Å². The van der Waals surface area contributed by atoms with Crippen molar-refractivity contribution in [2.75, 3.05) is 89.2 Å². The first kappa shape index (κ1) is 22.6. The van der Waals surface area contributed by atoms with Gasteiger partial charge in [0.2, 0.25) is 0 Å². The van der Waals surface area contributed by atoms with Crippen LogP contribution in [0.3, 0.4) is 0 Å². The van der Waals surface area contributed by atoms with Crippen LogP contribution in [0.2, 0.25) is 0 Å². The maximum atomic E-state index is 5.84. The molecule has 0 aliphatic carbocycles. The summed E-state index contributed by atoms with van der Waals surface area (Å²) in [6, 6.07) is 9.00. The Kier molecular flexibility index (Phi) is 6.26. The number of dihydropyridines is 1. The number of benzene rings is 1. The van der Waals surface area contributed by atoms with Crippen molar-refractivity contribution >= 4 is 28.0 Å². The number of allylic oxidation sites excluding steroid dienone is 2. The van der Waals surface area contributed by atoms with E-state index >= 15 is 0 Å². The van der Waals surface area contributed by atoms with Crippen molar-refractivity contribution < 1.29 is 14.2 Å². The third-order valence-electron chi connectivity index (χ3n) is 7.55. The molecule has 35 heavy (non-hydrogen) atoms. The number of anilines is 2. The van der Waals surface area contributed by atoms with E-state index in [1.807, 2.05) is 7.05 Å². The van der Waals surface area contributed by atoms with Gasteiger partial charge in [-0.15, -0.1) is 0 Å². The maximum Gasteiger partial charge on any atom is 0.115 e. The van der Waals surface area contributed by atoms with E-state index in [1.54, 1.807) is 0 Å². The van der Waals surface area contributed by atoms with Crippen molar-refractivity contribution in [3.8, 4) is 0 Å². The molecule has 0 atom stereocenters. The number of ether oxygens (including phenoxy) is 3. The Balaban J connectivity index is 1.35. The minimum Gasteiger partial charge on any atom is -0.495 e. The van der Waals surface area contributed by atoms with E-state index in [9.17, 15) is 0 Å². The molecular formula is C27H35N5O3. The van der Waals surface area contributed by atoms with Crippen LogP contribution in [0.5, 0.6) is 0 Å². The quantitative estimate of drug-likeness (QED) is 0.589. The molecule has 4 aliphatic rings. The normalized spacial score (nSPS) is 21.5. The van der Waals surface area contributed by atoms with E-state index in [1.165, 1.54) is 23.2 Å². The zero-order chi connectivity index (χ0) is 23.7. The van der Waals surface area contributed by atoms with Crippen LogP contribution in [0, 0.1) is 5.41 Å². The molecule has 0 radical (unpaired) electrons. The predicted octanol–water partition coefficient (Wildman–Crippen LogP) is 2.36. The zero-order valence-electron chi connectivity index (χ0n) is 20.5. The summed E-state index contributed by atoms with van der Waals surface area (Å²) in [4.78, 5) is 10.1. The van der Waals surface area contributed by atoms with Gasteiger partial charge in [-0.2, -0.15) is 0 Å². The van der Waals surface area contributed by atoms with E-state index in [4.69, 9.17) is 19.2 Å². The molecule has 1 spiro atoms. The smallest absolute Gasteiger partial charge is 0.115 e. The highest BCUT2D eigenvalue weighted by Gasteiger charge is 2.44. The lowest BCUT2D eigenvalue weighted by molar-refractivity contribution is -0.0985. The Morgan fingerprint density at radius 1 is 1.09 bits per heavy atom. The molecule has 5 heterocycles. The van der Waals surface area contributed by atoms with Crippen molar-refractivity contribution in [2.45, 2.75) is 6.42 Å². The van der Waals surface area contributed by atoms with Crippen LogP contribution in [0.1, 0.15) is 12.1 Å². The monoisotopic (exact) mass is 477 g/mol. The second-order valence-electron chi connectivity index (χ2n) is 10.0. The van der Waals surface area contributed by atoms with Crippen molar-refractivity contribution in [1.82, 2.24) is 15.6 Å². The summed E-state index contributed by atoms with van der Waals surface area (Å²) in [5, 5.41) is 7.86. The molecule has 2 N–H and O–H groups in total. The second-order valence-corrected chi connectivity index (χ2v) is 10.0. The fraction of sp³-hybridized carbons (Fsp3) is 0.519. The van der Waals surface area contributed by atoms with Crippen LogP contribution in [0.4, 0.5) is 11.4 Å². The number of aromatic nitrogens is 1. The summed E-state index contributed by atoms with van der Waals surface area (Å²) in [6.07, 6.45) is 5.34. The average Bonchev–Trinajstić information content (AvgIpc) is 3.35. The molecule has 6 rings (SSSR count). The van der Waals surface area contributed by atoms with Crippen molar-refractivity contribution in [3.63, 3.8) is 0 Å². The molecule has 8 nitrogen and oxygen atoms in total. The molecule has 0 unspecified atom stereocenters. The molecule has 1 aromatic carbocycles. The third-order valence-corrected chi connectivity index (χ3v) is 7.55. The Morgan fingerprint density at radius 2 is 1.97 bits per heavy atom. The van der Waals surface area contributed by atoms with Crippen LogP contribution in [0.25, 0.3) is 16.6 Å². The first-order valence-electron chi connectivity index (χ1n) is 12.8. The highest BCUT2D eigenvalue weighted by atomic mass is 16.5. The zero-order valence-corrected chi connectivity index (χ0v) is 20.5. The van der Waals surface area contributed by atoms with Crippen LogP contribution in [0.15, 0.2) is 42.2 Å². The highest BCUT2D eigenvalue weighted by Crippen LogP contribution is 2.42. The number of nitrogens with one attached hydrogen (secondary N) is 2. The molecule has 3 saturated heterocycles. The number of likely N-dealkylation sites (N-methyl/N-ethyl adjacent to an activating group) is 1. The van der Waals surface area contributed by atoms with Gasteiger partial charge < -0.3 is 34.6 Å². The van der Waals surface area contributed by atoms with E-state index < -0.39 is 0 Å². The van der Waals surface area contributed by atoms with Crippen molar-refractivity contribution in [2.24, 2.45) is 5.41 Å². The standard InChI is InChI=1S/C27H35N5O3/c1-28-7-11-35-21-3-5-23(29-16-21)25-15-26(32-8-6-27(17-32)18-34-19-27)22-4-2-20(14-24(22)30-25)31-9-12-33-13-10-31/h2-5,14-15,28-29H,6-13,16-19H2,1H3. The molecule has 0 bridgehead atoms. The Labute approximate surface area is 206 Å². The van der Waals surface area contributed by atoms with Gasteiger partial charge in [-0.1, -0.05) is 0 Å². The van der Waals surface area contributed by atoms with Gasteiger partial charge in [0.1, 0.15) is 12.4 Å². The number of fused-ring (bicyclic) bond motifs is 1. The summed E-state index contributed by atoms with van der Waals surface area (Å²) in [7, 11) is 1.93. The van der Waals surface area contributed by atoms with Crippen LogP contribution in [-0.4, -0.2) is 84.3 Å². The van der Waals surface area contributed by atoms with Gasteiger partial charge in [-0.3, -0.25) is 0 Å². The van der Waals surface area contributed by atoms with Gasteiger partial charge in [0.15, 0.2) is 0 Å². The summed E-state index contributed by atoms with van der Waals surface area (Å²) in [5.41, 5.74) is 5.86. The highest BCUT2D eigenvalue weighted by molar-refractivity contribution is 5.95. The summed E-state index contributed by atoms with van der Waals surface area (Å²) < 4.78 is 17.0. The molecule has 3 fully saturated rings. The average molecular weight is 478 g/mol. The lowest BCUT2D eigenvalue weighted by Crippen LogP contribution is -2.44. The van der Waals surface area contributed by atoms with Crippen LogP contribution in [-0.2, 0) is 14.2 Å². The van der Waals surface area contributed by atoms with Crippen molar-refractivity contribution in [3.05, 3.63) is 47.9 Å². The minimum absolute atomic E-state index is 0.328. The molecule has 186 valence electrons. The Bertz CT molecular complexity index is 1140. The SMILES string of the molecule is CNCCOC1=CC=C(c2cc(N3CCC4(COC4)C3)c3ccc(N4CCOCC4)cc3n2)NC1. The fourth-order valence-corrected chi connectivity index (χ4v) is 5.42. The molecule has 2 aromatic rings. The van der Waals surface area contributed by atoms with Gasteiger partial charge >= 0.3 is 0 Å². The lowest BCUT2D eigenvalue weighted by Gasteiger charge is -2.38. The lowest BCUT2D eigenvalue weighted by atomic mass is 9.85. The molecule has 1 aromatic heterocycles. The first-order valence-corrected chi connectivity index (χ1v) is 12.8. The summed E-state index contributed by atoms with van der Waals surface area (Å²) in [5.74, 6) is 0.950. The van der Waals surface area contributed by atoms with E-state index in [0.717, 1.165) is 81.8 Å². The van der Waals surface area contributed by atoms with Crippen LogP contribution < -0.4 is 20.4 Å². The fourth-order valence-electron chi connectivity index (χ4n) is 5.42. The molecule has 0 saturated carbocycles. The Morgan fingerprint density at radius 3 is 2.69 bits per heavy atom. The van der Waals surface area contributed by atoms with Gasteiger partial charge in [-0.25, -0.2) is 4.98 Å². The van der Waals surface area contributed by atoms with E-state index in [-0.39, 0.29) is 0 Å². The minimum atomic E-state index is 0.328. The maximum absolute atomic E-state index is 5.84. The Hall–Kier alpha value is -2.81. The van der Waals surface area contributed by atoms with Gasteiger partial charge in [0.25, 0.3) is 0 Å². The van der Waals surface area contributed by atoms with Crippen LogP contribution >= 0.6 is 0 Å². The van der Waals surface area contributed by atoms with Gasteiger partial charge in [0.05, 0.1) is 49.9 Å². The largest absolute Gasteiger partial charge is 0.495 e. The van der Waals surface area contributed by atoms with Gasteiger partial charge in [0, 0.05) is 54.9 Å². The number of morpholine rings is 1. The number of nitrogens with zero attached hydrogens (tertiary/aromatic N) is 3.